The SMILES string of the molecule is Cl.O=C(N1CCC(NCc2ccccc2F)C1)N1CCC(NCc2ccccc2F)C1. The standard InChI is InChI=1S/C23H28F2N4O.ClH/c24-21-7-3-1-5-17(21)13-26-19-9-11-28(15-19)23(30)29-12-10-20(16-29)27-14-18-6-2-4-8-22(18)25;/h1-8,19-20,26-27H,9-16H2;1H. The minimum absolute atomic E-state index is 0. The van der Waals surface area contributed by atoms with E-state index in [0.717, 1.165) is 12.8 Å². The van der Waals surface area contributed by atoms with E-state index in [2.05, 4.69) is 10.6 Å². The lowest BCUT2D eigenvalue weighted by molar-refractivity contribution is 0.170. The van der Waals surface area contributed by atoms with Gasteiger partial charge in [-0.15, -0.1) is 12.4 Å². The molecule has 0 radical (unpaired) electrons. The zero-order valence-electron chi connectivity index (χ0n) is 17.4. The minimum atomic E-state index is -0.207. The normalized spacial score (nSPS) is 20.7. The molecule has 0 aromatic heterocycles. The third kappa shape index (κ3) is 5.93. The molecule has 0 spiro atoms. The van der Waals surface area contributed by atoms with Gasteiger partial charge in [0.05, 0.1) is 0 Å². The highest BCUT2D eigenvalue weighted by Gasteiger charge is 2.33. The van der Waals surface area contributed by atoms with Crippen LogP contribution in [0.5, 0.6) is 0 Å². The first-order chi connectivity index (χ1) is 14.6. The lowest BCUT2D eigenvalue weighted by Crippen LogP contribution is -2.43. The number of benzene rings is 2. The van der Waals surface area contributed by atoms with Crippen molar-refractivity contribution in [2.24, 2.45) is 0 Å². The highest BCUT2D eigenvalue weighted by Crippen LogP contribution is 2.18. The largest absolute Gasteiger partial charge is 0.323 e. The summed E-state index contributed by atoms with van der Waals surface area (Å²) in [6, 6.07) is 13.9. The smallest absolute Gasteiger partial charge is 0.320 e. The van der Waals surface area contributed by atoms with Crippen molar-refractivity contribution in [1.82, 2.24) is 20.4 Å². The van der Waals surface area contributed by atoms with Crippen molar-refractivity contribution >= 4 is 18.4 Å². The van der Waals surface area contributed by atoms with E-state index in [1.807, 2.05) is 21.9 Å². The Morgan fingerprint density at radius 3 is 1.65 bits per heavy atom. The molecule has 4 rings (SSSR count). The maximum atomic E-state index is 13.8. The molecule has 5 nitrogen and oxygen atoms in total. The Labute approximate surface area is 188 Å². The summed E-state index contributed by atoms with van der Waals surface area (Å²) in [6.45, 7) is 3.61. The number of hydrogen-bond donors (Lipinski definition) is 2. The Morgan fingerprint density at radius 2 is 1.23 bits per heavy atom. The summed E-state index contributed by atoms with van der Waals surface area (Å²) in [4.78, 5) is 16.6. The molecule has 0 aliphatic carbocycles. The fourth-order valence-electron chi connectivity index (χ4n) is 4.19. The van der Waals surface area contributed by atoms with Gasteiger partial charge in [-0.05, 0) is 25.0 Å². The Morgan fingerprint density at radius 1 is 0.806 bits per heavy atom. The van der Waals surface area contributed by atoms with Crippen LogP contribution in [0.15, 0.2) is 48.5 Å². The zero-order valence-corrected chi connectivity index (χ0v) is 18.2. The van der Waals surface area contributed by atoms with Crippen LogP contribution in [0.1, 0.15) is 24.0 Å². The maximum absolute atomic E-state index is 13.8. The van der Waals surface area contributed by atoms with Gasteiger partial charge in [-0.25, -0.2) is 13.6 Å². The molecule has 2 fully saturated rings. The van der Waals surface area contributed by atoms with Crippen molar-refractivity contribution in [3.63, 3.8) is 0 Å². The number of carbonyl (C=O) groups excluding carboxylic acids is 1. The average Bonchev–Trinajstić information content (AvgIpc) is 3.42. The van der Waals surface area contributed by atoms with Crippen LogP contribution >= 0.6 is 12.4 Å². The lowest BCUT2D eigenvalue weighted by atomic mass is 10.2. The van der Waals surface area contributed by atoms with Crippen LogP contribution in [0.25, 0.3) is 0 Å². The minimum Gasteiger partial charge on any atom is -0.323 e. The van der Waals surface area contributed by atoms with Crippen molar-refractivity contribution in [1.29, 1.82) is 0 Å². The van der Waals surface area contributed by atoms with Gasteiger partial charge >= 0.3 is 6.03 Å². The molecule has 2 aromatic rings. The van der Waals surface area contributed by atoms with Gasteiger partial charge in [-0.1, -0.05) is 36.4 Å². The van der Waals surface area contributed by atoms with Crippen LogP contribution in [0, 0.1) is 11.6 Å². The van der Waals surface area contributed by atoms with Crippen LogP contribution < -0.4 is 10.6 Å². The van der Waals surface area contributed by atoms with E-state index in [9.17, 15) is 13.6 Å². The number of rotatable bonds is 6. The highest BCUT2D eigenvalue weighted by molar-refractivity contribution is 5.85. The number of carbonyl (C=O) groups is 1. The average molecular weight is 451 g/mol. The molecule has 2 unspecified atom stereocenters. The van der Waals surface area contributed by atoms with Crippen LogP contribution in [-0.2, 0) is 13.1 Å². The van der Waals surface area contributed by atoms with Gasteiger partial charge in [-0.3, -0.25) is 0 Å². The van der Waals surface area contributed by atoms with Crippen LogP contribution in [0.2, 0.25) is 0 Å². The topological polar surface area (TPSA) is 47.6 Å². The molecule has 2 aliphatic heterocycles. The predicted octanol–water partition coefficient (Wildman–Crippen LogP) is 3.53. The summed E-state index contributed by atoms with van der Waals surface area (Å²) < 4.78 is 27.5. The number of nitrogens with one attached hydrogen (secondary N) is 2. The molecule has 2 amide bonds. The van der Waals surface area contributed by atoms with Crippen molar-refractivity contribution in [3.05, 3.63) is 71.3 Å². The molecule has 2 heterocycles. The van der Waals surface area contributed by atoms with Crippen LogP contribution in [0.3, 0.4) is 0 Å². The number of urea groups is 1. The van der Waals surface area contributed by atoms with E-state index >= 15 is 0 Å². The Hall–Kier alpha value is -2.22. The van der Waals surface area contributed by atoms with E-state index < -0.39 is 0 Å². The third-order valence-corrected chi connectivity index (χ3v) is 6.00. The molecule has 2 aromatic carbocycles. The van der Waals surface area contributed by atoms with E-state index in [1.165, 1.54) is 12.1 Å². The Bertz CT molecular complexity index is 815. The van der Waals surface area contributed by atoms with Crippen molar-refractivity contribution in [2.75, 3.05) is 26.2 Å². The van der Waals surface area contributed by atoms with Gasteiger partial charge < -0.3 is 20.4 Å². The predicted molar refractivity (Wildman–Crippen MR) is 119 cm³/mol. The molecule has 0 bridgehead atoms. The summed E-state index contributed by atoms with van der Waals surface area (Å²) in [7, 11) is 0. The van der Waals surface area contributed by atoms with Crippen molar-refractivity contribution in [3.8, 4) is 0 Å². The molecule has 0 saturated carbocycles. The fraction of sp³-hybridized carbons (Fsp3) is 0.435. The van der Waals surface area contributed by atoms with Crippen molar-refractivity contribution in [2.45, 2.75) is 38.0 Å². The number of nitrogens with zero attached hydrogens (tertiary/aromatic N) is 2. The molecule has 2 N–H and O–H groups in total. The van der Waals surface area contributed by atoms with Gasteiger partial charge in [0, 0.05) is 62.5 Å². The molecule has 2 atom stereocenters. The van der Waals surface area contributed by atoms with E-state index in [4.69, 9.17) is 0 Å². The summed E-state index contributed by atoms with van der Waals surface area (Å²) in [5, 5.41) is 6.73. The van der Waals surface area contributed by atoms with Gasteiger partial charge in [0.1, 0.15) is 11.6 Å². The number of amides is 2. The zero-order chi connectivity index (χ0) is 20.9. The maximum Gasteiger partial charge on any atom is 0.320 e. The molecular weight excluding hydrogens is 422 g/mol. The summed E-state index contributed by atoms with van der Waals surface area (Å²) in [5.74, 6) is -0.413. The molecule has 168 valence electrons. The van der Waals surface area contributed by atoms with E-state index in [-0.39, 0.29) is 42.2 Å². The second-order valence-corrected chi connectivity index (χ2v) is 8.09. The first-order valence-corrected chi connectivity index (χ1v) is 10.6. The first-order valence-electron chi connectivity index (χ1n) is 10.6. The quantitative estimate of drug-likeness (QED) is 0.707. The van der Waals surface area contributed by atoms with Crippen LogP contribution in [0.4, 0.5) is 13.6 Å². The number of halogens is 3. The van der Waals surface area contributed by atoms with Gasteiger partial charge in [0.15, 0.2) is 0 Å². The third-order valence-electron chi connectivity index (χ3n) is 6.00. The molecule has 2 saturated heterocycles. The van der Waals surface area contributed by atoms with Gasteiger partial charge in [0.25, 0.3) is 0 Å². The lowest BCUT2D eigenvalue weighted by Gasteiger charge is -2.24. The Balaban J connectivity index is 0.00000272. The summed E-state index contributed by atoms with van der Waals surface area (Å²) in [6.07, 6.45) is 1.73. The summed E-state index contributed by atoms with van der Waals surface area (Å²) in [5.41, 5.74) is 1.29. The van der Waals surface area contributed by atoms with E-state index in [0.29, 0.717) is 50.4 Å². The second-order valence-electron chi connectivity index (χ2n) is 8.09. The molecular formula is C23H29ClF2N4O. The highest BCUT2D eigenvalue weighted by atomic mass is 35.5. The molecule has 31 heavy (non-hydrogen) atoms. The first kappa shape index (κ1) is 23.4. The van der Waals surface area contributed by atoms with Crippen molar-refractivity contribution < 1.29 is 13.6 Å². The van der Waals surface area contributed by atoms with Gasteiger partial charge in [-0.2, -0.15) is 0 Å². The number of likely N-dealkylation sites (tertiary alicyclic amines) is 2. The number of hydrogen-bond acceptors (Lipinski definition) is 3. The summed E-state index contributed by atoms with van der Waals surface area (Å²) >= 11 is 0. The fourth-order valence-corrected chi connectivity index (χ4v) is 4.19. The monoisotopic (exact) mass is 450 g/mol. The second kappa shape index (κ2) is 10.9. The Kier molecular flexibility index (Phi) is 8.23. The van der Waals surface area contributed by atoms with Crippen LogP contribution in [-0.4, -0.2) is 54.1 Å². The molecule has 8 heteroatoms. The van der Waals surface area contributed by atoms with E-state index in [1.54, 1.807) is 24.3 Å². The van der Waals surface area contributed by atoms with Gasteiger partial charge in [0.2, 0.25) is 0 Å². The molecule has 2 aliphatic rings.